The van der Waals surface area contributed by atoms with Gasteiger partial charge in [0, 0.05) is 19.3 Å². The van der Waals surface area contributed by atoms with Crippen molar-refractivity contribution in [1.29, 1.82) is 0 Å². The number of likely N-dealkylation sites (N-methyl/N-ethyl adjacent to an activating group) is 1. The second-order valence-electron chi connectivity index (χ2n) is 3.72. The Labute approximate surface area is 95.2 Å². The number of aromatic nitrogens is 1. The highest BCUT2D eigenvalue weighted by molar-refractivity contribution is 5.95. The van der Waals surface area contributed by atoms with Crippen LogP contribution in [0.4, 0.5) is 5.69 Å². The molecule has 1 heterocycles. The van der Waals surface area contributed by atoms with E-state index in [1.165, 1.54) is 0 Å². The molecule has 0 saturated heterocycles. The molecular weight excluding hydrogens is 204 g/mol. The molecule has 4 heteroatoms. The van der Waals surface area contributed by atoms with Gasteiger partial charge in [-0.3, -0.25) is 4.98 Å². The van der Waals surface area contributed by atoms with Crippen molar-refractivity contribution in [2.75, 3.05) is 18.5 Å². The van der Waals surface area contributed by atoms with Crippen LogP contribution in [0.3, 0.4) is 0 Å². The van der Waals surface area contributed by atoms with E-state index in [1.807, 2.05) is 18.9 Å². The minimum Gasteiger partial charge on any atom is -0.478 e. The predicted molar refractivity (Wildman–Crippen MR) is 64.1 cm³/mol. The van der Waals surface area contributed by atoms with Crippen LogP contribution < -0.4 is 4.90 Å². The summed E-state index contributed by atoms with van der Waals surface area (Å²) in [5.74, 6) is -0.948. The quantitative estimate of drug-likeness (QED) is 0.789. The fraction of sp³-hybridized carbons (Fsp3) is 0.333. The van der Waals surface area contributed by atoms with Crippen molar-refractivity contribution in [3.63, 3.8) is 0 Å². The molecule has 1 rings (SSSR count). The summed E-state index contributed by atoms with van der Waals surface area (Å²) in [6, 6.07) is 1.78. The third-order valence-electron chi connectivity index (χ3n) is 2.34. The molecule has 0 aromatic carbocycles. The van der Waals surface area contributed by atoms with Crippen molar-refractivity contribution in [2.24, 2.45) is 0 Å². The average molecular weight is 220 g/mol. The normalized spacial score (nSPS) is 9.94. The topological polar surface area (TPSA) is 53.4 Å². The molecule has 0 amide bonds. The third-order valence-corrected chi connectivity index (χ3v) is 2.34. The zero-order valence-corrected chi connectivity index (χ0v) is 9.82. The second kappa shape index (κ2) is 4.79. The van der Waals surface area contributed by atoms with Crippen LogP contribution in [0, 0.1) is 13.8 Å². The van der Waals surface area contributed by atoms with Crippen molar-refractivity contribution in [3.8, 4) is 0 Å². The summed E-state index contributed by atoms with van der Waals surface area (Å²) >= 11 is 0. The lowest BCUT2D eigenvalue weighted by atomic mass is 10.1. The van der Waals surface area contributed by atoms with Crippen molar-refractivity contribution in [2.45, 2.75) is 13.8 Å². The third kappa shape index (κ3) is 2.39. The van der Waals surface area contributed by atoms with Gasteiger partial charge in [-0.2, -0.15) is 0 Å². The van der Waals surface area contributed by atoms with Crippen LogP contribution in [0.25, 0.3) is 0 Å². The molecule has 4 nitrogen and oxygen atoms in total. The van der Waals surface area contributed by atoms with E-state index in [0.717, 1.165) is 5.69 Å². The van der Waals surface area contributed by atoms with Gasteiger partial charge in [0.1, 0.15) is 5.56 Å². The van der Waals surface area contributed by atoms with E-state index in [-0.39, 0.29) is 5.56 Å². The number of carbonyl (C=O) groups is 1. The van der Waals surface area contributed by atoms with Crippen molar-refractivity contribution < 1.29 is 9.90 Å². The lowest BCUT2D eigenvalue weighted by Gasteiger charge is -2.20. The Morgan fingerprint density at radius 1 is 1.62 bits per heavy atom. The number of aryl methyl sites for hydroxylation is 2. The Bertz CT molecular complexity index is 427. The molecule has 0 spiro atoms. The summed E-state index contributed by atoms with van der Waals surface area (Å²) in [6.07, 6.45) is 1.73. The number of aromatic carboxylic acids is 1. The van der Waals surface area contributed by atoms with Crippen molar-refractivity contribution >= 4 is 11.7 Å². The average Bonchev–Trinajstić information content (AvgIpc) is 2.15. The fourth-order valence-corrected chi connectivity index (χ4v) is 1.67. The second-order valence-corrected chi connectivity index (χ2v) is 3.72. The number of nitrogens with zero attached hydrogens (tertiary/aromatic N) is 2. The van der Waals surface area contributed by atoms with Crippen LogP contribution in [0.2, 0.25) is 0 Å². The molecule has 0 radical (unpaired) electrons. The summed E-state index contributed by atoms with van der Waals surface area (Å²) in [4.78, 5) is 17.2. The van der Waals surface area contributed by atoms with Gasteiger partial charge >= 0.3 is 5.97 Å². The molecule has 0 aliphatic carbocycles. The van der Waals surface area contributed by atoms with E-state index in [2.05, 4.69) is 11.6 Å². The predicted octanol–water partition coefficient (Wildman–Crippen LogP) is 2.02. The smallest absolute Gasteiger partial charge is 0.339 e. The molecule has 1 aromatic heterocycles. The lowest BCUT2D eigenvalue weighted by Crippen LogP contribution is -2.21. The van der Waals surface area contributed by atoms with Gasteiger partial charge in [0.2, 0.25) is 0 Å². The molecular formula is C12H16N2O2. The molecule has 0 bridgehead atoms. The number of pyridine rings is 1. The number of carboxylic acids is 1. The summed E-state index contributed by atoms with van der Waals surface area (Å²) in [6.45, 7) is 7.80. The first kappa shape index (κ1) is 12.2. The minimum absolute atomic E-state index is 0.259. The van der Waals surface area contributed by atoms with E-state index in [1.54, 1.807) is 19.1 Å². The van der Waals surface area contributed by atoms with Gasteiger partial charge in [-0.15, -0.1) is 6.58 Å². The Balaban J connectivity index is 3.34. The van der Waals surface area contributed by atoms with E-state index >= 15 is 0 Å². The Morgan fingerprint density at radius 2 is 2.25 bits per heavy atom. The number of rotatable bonds is 4. The minimum atomic E-state index is -0.948. The van der Waals surface area contributed by atoms with Gasteiger partial charge in [-0.1, -0.05) is 6.08 Å². The van der Waals surface area contributed by atoms with Gasteiger partial charge in [0.05, 0.1) is 11.4 Å². The van der Waals surface area contributed by atoms with Crippen LogP contribution in [0.15, 0.2) is 18.7 Å². The van der Waals surface area contributed by atoms with Crippen LogP contribution in [0.5, 0.6) is 0 Å². The number of carboxylic acid groups (broad SMARTS) is 1. The van der Waals surface area contributed by atoms with Crippen molar-refractivity contribution in [3.05, 3.63) is 35.7 Å². The van der Waals surface area contributed by atoms with Crippen LogP contribution in [-0.2, 0) is 0 Å². The number of hydrogen-bond donors (Lipinski definition) is 1. The maximum atomic E-state index is 11.2. The molecule has 0 saturated carbocycles. The number of hydrogen-bond acceptors (Lipinski definition) is 3. The molecule has 0 atom stereocenters. The highest BCUT2D eigenvalue weighted by atomic mass is 16.4. The van der Waals surface area contributed by atoms with E-state index in [9.17, 15) is 4.79 Å². The monoisotopic (exact) mass is 220 g/mol. The Hall–Kier alpha value is -1.84. The molecule has 86 valence electrons. The Morgan fingerprint density at radius 3 is 2.75 bits per heavy atom. The first-order chi connectivity index (χ1) is 7.47. The first-order valence-electron chi connectivity index (χ1n) is 5.01. The van der Waals surface area contributed by atoms with E-state index in [4.69, 9.17) is 5.11 Å². The molecule has 1 aromatic rings. The highest BCUT2D eigenvalue weighted by Crippen LogP contribution is 2.22. The van der Waals surface area contributed by atoms with Gasteiger partial charge in [0.25, 0.3) is 0 Å². The summed E-state index contributed by atoms with van der Waals surface area (Å²) in [5.41, 5.74) is 2.29. The van der Waals surface area contributed by atoms with Crippen LogP contribution >= 0.6 is 0 Å². The highest BCUT2D eigenvalue weighted by Gasteiger charge is 2.17. The molecule has 0 aliphatic heterocycles. The summed E-state index contributed by atoms with van der Waals surface area (Å²) < 4.78 is 0. The summed E-state index contributed by atoms with van der Waals surface area (Å²) in [7, 11) is 1.84. The van der Waals surface area contributed by atoms with Gasteiger partial charge in [-0.25, -0.2) is 4.79 Å². The van der Waals surface area contributed by atoms with Gasteiger partial charge in [-0.05, 0) is 19.9 Å². The molecule has 0 fully saturated rings. The maximum Gasteiger partial charge on any atom is 0.339 e. The zero-order valence-electron chi connectivity index (χ0n) is 9.82. The lowest BCUT2D eigenvalue weighted by molar-refractivity contribution is 0.0696. The molecule has 1 N–H and O–H groups in total. The first-order valence-corrected chi connectivity index (χ1v) is 5.01. The fourth-order valence-electron chi connectivity index (χ4n) is 1.67. The zero-order chi connectivity index (χ0) is 12.3. The largest absolute Gasteiger partial charge is 0.478 e. The maximum absolute atomic E-state index is 11.2. The SMILES string of the molecule is C=CCN(C)c1cc(C)nc(C)c1C(=O)O. The van der Waals surface area contributed by atoms with Gasteiger partial charge < -0.3 is 10.0 Å². The molecule has 0 unspecified atom stereocenters. The Kier molecular flexibility index (Phi) is 3.66. The van der Waals surface area contributed by atoms with E-state index < -0.39 is 5.97 Å². The van der Waals surface area contributed by atoms with Crippen molar-refractivity contribution in [1.82, 2.24) is 4.98 Å². The standard InChI is InChI=1S/C12H16N2O2/c1-5-6-14(4)10-7-8(2)13-9(3)11(10)12(15)16/h5,7H,1,6H2,2-4H3,(H,15,16). The van der Waals surface area contributed by atoms with Crippen LogP contribution in [0.1, 0.15) is 21.7 Å². The van der Waals surface area contributed by atoms with Crippen LogP contribution in [-0.4, -0.2) is 29.7 Å². The number of anilines is 1. The van der Waals surface area contributed by atoms with E-state index in [0.29, 0.717) is 17.9 Å². The molecule has 16 heavy (non-hydrogen) atoms. The summed E-state index contributed by atoms with van der Waals surface area (Å²) in [5, 5.41) is 9.16. The van der Waals surface area contributed by atoms with Gasteiger partial charge in [0.15, 0.2) is 0 Å². The molecule has 0 aliphatic rings.